The first-order valence-corrected chi connectivity index (χ1v) is 12.4. The topological polar surface area (TPSA) is 86.1 Å². The Balaban J connectivity index is 1.69. The van der Waals surface area contributed by atoms with Crippen molar-refractivity contribution in [2.45, 2.75) is 50.0 Å². The average Bonchev–Trinajstić information content (AvgIpc) is 3.38. The molecule has 7 nitrogen and oxygen atoms in total. The van der Waals surface area contributed by atoms with E-state index in [1.807, 2.05) is 23.7 Å². The van der Waals surface area contributed by atoms with Crippen LogP contribution in [0, 0.1) is 0 Å². The number of anilines is 1. The molecule has 0 radical (unpaired) electrons. The van der Waals surface area contributed by atoms with Crippen molar-refractivity contribution < 1.29 is 13.2 Å². The van der Waals surface area contributed by atoms with Crippen molar-refractivity contribution in [1.29, 1.82) is 0 Å². The Morgan fingerprint density at radius 2 is 1.84 bits per heavy atom. The van der Waals surface area contributed by atoms with E-state index in [-0.39, 0.29) is 16.4 Å². The molecular weight excluding hydrogens is 448 g/mol. The molecule has 1 N–H and O–H groups in total. The lowest BCUT2D eigenvalue weighted by molar-refractivity contribution is 0.102. The van der Waals surface area contributed by atoms with Gasteiger partial charge in [-0.05, 0) is 54.2 Å². The van der Waals surface area contributed by atoms with E-state index in [1.165, 1.54) is 0 Å². The fourth-order valence-electron chi connectivity index (χ4n) is 3.77. The number of hydrogen-bond acceptors (Lipinski definition) is 5. The molecular formula is C23H27ClN4O3S. The third-order valence-corrected chi connectivity index (χ3v) is 7.24. The molecule has 0 bridgehead atoms. The summed E-state index contributed by atoms with van der Waals surface area (Å²) in [5, 5.41) is 9.08. The van der Waals surface area contributed by atoms with E-state index in [4.69, 9.17) is 16.3 Å². The fourth-order valence-corrected chi connectivity index (χ4v) is 5.02. The van der Waals surface area contributed by atoms with Crippen LogP contribution in [0.3, 0.4) is 0 Å². The van der Waals surface area contributed by atoms with E-state index in [1.54, 1.807) is 30.3 Å². The molecule has 1 aromatic heterocycles. The highest BCUT2D eigenvalue weighted by Gasteiger charge is 2.26. The quantitative estimate of drug-likeness (QED) is 0.556. The van der Waals surface area contributed by atoms with Crippen molar-refractivity contribution in [3.63, 3.8) is 0 Å². The van der Waals surface area contributed by atoms with Gasteiger partial charge >= 0.3 is 0 Å². The molecule has 3 aromatic rings. The Hall–Kier alpha value is -2.42. The molecule has 32 heavy (non-hydrogen) atoms. The molecule has 2 heterocycles. The number of nitrogens with one attached hydrogen (secondary N) is 1. The van der Waals surface area contributed by atoms with Crippen LogP contribution < -0.4 is 4.72 Å². The fraction of sp³-hybridized carbons (Fsp3) is 0.391. The first kappa shape index (κ1) is 22.8. The summed E-state index contributed by atoms with van der Waals surface area (Å²) in [7, 11) is -1.97. The molecule has 1 fully saturated rings. The van der Waals surface area contributed by atoms with E-state index in [9.17, 15) is 8.42 Å². The van der Waals surface area contributed by atoms with Crippen LogP contribution in [0.5, 0.6) is 0 Å². The average molecular weight is 475 g/mol. The van der Waals surface area contributed by atoms with Gasteiger partial charge in [0.05, 0.1) is 10.6 Å². The Morgan fingerprint density at radius 3 is 2.47 bits per heavy atom. The van der Waals surface area contributed by atoms with E-state index < -0.39 is 10.0 Å². The number of nitrogens with zero attached hydrogens (tertiary/aromatic N) is 3. The van der Waals surface area contributed by atoms with E-state index in [0.717, 1.165) is 18.4 Å². The number of hydrogen-bond donors (Lipinski definition) is 1. The number of ether oxygens (including phenoxy) is 1. The second-order valence-electron chi connectivity index (χ2n) is 9.01. The van der Waals surface area contributed by atoms with E-state index in [2.05, 4.69) is 35.7 Å². The summed E-state index contributed by atoms with van der Waals surface area (Å²) in [6.45, 7) is 6.95. The minimum atomic E-state index is -3.82. The third-order valence-electron chi connectivity index (χ3n) is 5.62. The van der Waals surface area contributed by atoms with Gasteiger partial charge in [0.15, 0.2) is 11.6 Å². The molecule has 0 amide bonds. The van der Waals surface area contributed by atoms with Gasteiger partial charge in [0.1, 0.15) is 6.10 Å². The molecule has 0 spiro atoms. The SMILES string of the molecule is Cn1c(-c2cc(Cl)ccc2NS(=O)(=O)c2ccc(C(C)(C)C)cc2)nnc1[C@H]1CCCO1. The van der Waals surface area contributed by atoms with Gasteiger partial charge in [-0.3, -0.25) is 4.72 Å². The third kappa shape index (κ3) is 4.53. The minimum Gasteiger partial charge on any atom is -0.370 e. The summed E-state index contributed by atoms with van der Waals surface area (Å²) >= 11 is 6.24. The molecule has 1 aliphatic rings. The van der Waals surface area contributed by atoms with Crippen molar-refractivity contribution in [3.05, 3.63) is 58.9 Å². The van der Waals surface area contributed by atoms with Crippen molar-refractivity contribution in [1.82, 2.24) is 14.8 Å². The zero-order valence-corrected chi connectivity index (χ0v) is 20.2. The Morgan fingerprint density at radius 1 is 1.12 bits per heavy atom. The zero-order valence-electron chi connectivity index (χ0n) is 18.6. The molecule has 2 aromatic carbocycles. The number of halogens is 1. The van der Waals surface area contributed by atoms with Gasteiger partial charge < -0.3 is 9.30 Å². The van der Waals surface area contributed by atoms with Crippen LogP contribution in [0.4, 0.5) is 5.69 Å². The molecule has 0 saturated carbocycles. The maximum atomic E-state index is 13.1. The van der Waals surface area contributed by atoms with Crippen LogP contribution in [-0.4, -0.2) is 29.8 Å². The lowest BCUT2D eigenvalue weighted by Crippen LogP contribution is -2.15. The maximum absolute atomic E-state index is 13.1. The summed E-state index contributed by atoms with van der Waals surface area (Å²) in [5.74, 6) is 1.22. The van der Waals surface area contributed by atoms with Crippen LogP contribution in [0.15, 0.2) is 47.4 Å². The van der Waals surface area contributed by atoms with Gasteiger partial charge in [0.25, 0.3) is 10.0 Å². The lowest BCUT2D eigenvalue weighted by atomic mass is 9.87. The number of benzene rings is 2. The van der Waals surface area contributed by atoms with Gasteiger partial charge in [-0.25, -0.2) is 8.42 Å². The monoisotopic (exact) mass is 474 g/mol. The van der Waals surface area contributed by atoms with Gasteiger partial charge in [-0.15, -0.1) is 10.2 Å². The van der Waals surface area contributed by atoms with Gasteiger partial charge in [0.2, 0.25) is 0 Å². The van der Waals surface area contributed by atoms with Crippen LogP contribution in [0.25, 0.3) is 11.4 Å². The van der Waals surface area contributed by atoms with E-state index >= 15 is 0 Å². The largest absolute Gasteiger partial charge is 0.370 e. The van der Waals surface area contributed by atoms with Crippen LogP contribution >= 0.6 is 11.6 Å². The smallest absolute Gasteiger partial charge is 0.261 e. The predicted molar refractivity (Wildman–Crippen MR) is 125 cm³/mol. The number of rotatable bonds is 5. The van der Waals surface area contributed by atoms with Gasteiger partial charge in [-0.2, -0.15) is 0 Å². The molecule has 9 heteroatoms. The number of aromatic nitrogens is 3. The van der Waals surface area contributed by atoms with E-state index in [0.29, 0.717) is 34.5 Å². The summed E-state index contributed by atoms with van der Waals surface area (Å²) in [6.07, 6.45) is 1.75. The van der Waals surface area contributed by atoms with Crippen molar-refractivity contribution in [2.24, 2.45) is 7.05 Å². The first-order valence-electron chi connectivity index (χ1n) is 10.5. The van der Waals surface area contributed by atoms with Crippen molar-refractivity contribution in [3.8, 4) is 11.4 Å². The van der Waals surface area contributed by atoms with Gasteiger partial charge in [-0.1, -0.05) is 44.5 Å². The molecule has 0 aliphatic carbocycles. The molecule has 1 saturated heterocycles. The Labute approximate surface area is 193 Å². The highest BCUT2D eigenvalue weighted by Crippen LogP contribution is 2.34. The Bertz CT molecular complexity index is 1230. The summed E-state index contributed by atoms with van der Waals surface area (Å²) in [4.78, 5) is 0.185. The molecule has 4 rings (SSSR count). The summed E-state index contributed by atoms with van der Waals surface area (Å²) in [5.41, 5.74) is 1.92. The first-order chi connectivity index (χ1) is 15.1. The van der Waals surface area contributed by atoms with Crippen LogP contribution in [0.2, 0.25) is 5.02 Å². The van der Waals surface area contributed by atoms with Crippen molar-refractivity contribution in [2.75, 3.05) is 11.3 Å². The predicted octanol–water partition coefficient (Wildman–Crippen LogP) is 5.09. The molecule has 1 atom stereocenters. The summed E-state index contributed by atoms with van der Waals surface area (Å²) < 4.78 is 36.5. The lowest BCUT2D eigenvalue weighted by Gasteiger charge is -2.19. The highest BCUT2D eigenvalue weighted by atomic mass is 35.5. The second-order valence-corrected chi connectivity index (χ2v) is 11.1. The minimum absolute atomic E-state index is 0.0645. The second kappa shape index (κ2) is 8.50. The molecule has 1 aliphatic heterocycles. The number of sulfonamides is 1. The maximum Gasteiger partial charge on any atom is 0.261 e. The normalized spacial score (nSPS) is 17.0. The highest BCUT2D eigenvalue weighted by molar-refractivity contribution is 7.92. The molecule has 0 unspecified atom stereocenters. The zero-order chi connectivity index (χ0) is 23.1. The van der Waals surface area contributed by atoms with Crippen LogP contribution in [0.1, 0.15) is 51.1 Å². The van der Waals surface area contributed by atoms with Crippen LogP contribution in [-0.2, 0) is 27.2 Å². The molecule has 170 valence electrons. The Kier molecular flexibility index (Phi) is 6.04. The van der Waals surface area contributed by atoms with Gasteiger partial charge in [0, 0.05) is 24.2 Å². The standard InChI is InChI=1S/C23H27ClN4O3S/c1-23(2,3)15-7-10-17(11-8-15)32(29,30)27-19-12-9-16(24)14-18(19)21-25-26-22(28(21)4)20-6-5-13-31-20/h7-12,14,20,27H,5-6,13H2,1-4H3/t20-/m1/s1. The van der Waals surface area contributed by atoms with Crippen molar-refractivity contribution >= 4 is 27.3 Å². The summed E-state index contributed by atoms with van der Waals surface area (Å²) in [6, 6.07) is 11.9.